The number of pyridine rings is 1. The monoisotopic (exact) mass is 487 g/mol. The molecule has 0 saturated carbocycles. The zero-order valence-electron chi connectivity index (χ0n) is 15.8. The van der Waals surface area contributed by atoms with Crippen LogP contribution < -0.4 is 16.0 Å². The molecule has 4 N–H and O–H groups in total. The molecule has 0 radical (unpaired) electrons. The number of rotatable bonds is 7. The molecule has 2 rings (SSSR count). The maximum atomic E-state index is 12.9. The van der Waals surface area contributed by atoms with Crippen LogP contribution in [-0.4, -0.2) is 28.0 Å². The molecule has 0 spiro atoms. The van der Waals surface area contributed by atoms with E-state index in [0.717, 1.165) is 6.08 Å². The molecule has 0 unspecified atom stereocenters. The summed E-state index contributed by atoms with van der Waals surface area (Å²) in [5.74, 6) is -1.02. The Bertz CT molecular complexity index is 1020. The molecule has 2 aromatic rings. The zero-order chi connectivity index (χ0) is 22.4. The Balaban J connectivity index is 2.41. The summed E-state index contributed by atoms with van der Waals surface area (Å²) in [4.78, 5) is 29.5. The number of carbonyl (C=O) groups is 2. The van der Waals surface area contributed by atoms with Crippen LogP contribution in [0.3, 0.4) is 0 Å². The first-order valence-corrected chi connectivity index (χ1v) is 10.0. The molecule has 0 aliphatic rings. The highest BCUT2D eigenvalue weighted by Gasteiger charge is 2.21. The Morgan fingerprint density at radius 2 is 1.83 bits per heavy atom. The van der Waals surface area contributed by atoms with Crippen molar-refractivity contribution in [1.29, 1.82) is 5.41 Å². The molecule has 1 aromatic heterocycles. The van der Waals surface area contributed by atoms with Crippen molar-refractivity contribution in [3.05, 3.63) is 62.9 Å². The molecule has 0 atom stereocenters. The molecule has 2 amide bonds. The van der Waals surface area contributed by atoms with Crippen LogP contribution >= 0.6 is 46.4 Å². The first-order chi connectivity index (χ1) is 14.1. The van der Waals surface area contributed by atoms with E-state index >= 15 is 0 Å². The molecule has 0 saturated heterocycles. The van der Waals surface area contributed by atoms with E-state index in [0.29, 0.717) is 0 Å². The summed E-state index contributed by atoms with van der Waals surface area (Å²) in [5, 5.41) is 15.6. The number of halogens is 4. The van der Waals surface area contributed by atoms with Gasteiger partial charge in [-0.05, 0) is 38.1 Å². The molecule has 30 heavy (non-hydrogen) atoms. The summed E-state index contributed by atoms with van der Waals surface area (Å²) >= 11 is 24.0. The molecule has 158 valence electrons. The van der Waals surface area contributed by atoms with Gasteiger partial charge in [0.1, 0.15) is 16.7 Å². The lowest BCUT2D eigenvalue weighted by Gasteiger charge is -2.17. The molecular formula is C19H17Cl4N5O2. The van der Waals surface area contributed by atoms with Gasteiger partial charge >= 0.3 is 0 Å². The number of aromatic nitrogens is 1. The van der Waals surface area contributed by atoms with Gasteiger partial charge in [0.15, 0.2) is 0 Å². The molecule has 11 heteroatoms. The van der Waals surface area contributed by atoms with Crippen molar-refractivity contribution < 1.29 is 9.59 Å². The second-order valence-electron chi connectivity index (χ2n) is 6.26. The molecule has 1 heterocycles. The standard InChI is InChI=1S/C19H17Cl4N5O2/c1-9(2)26-18(29)11-6-10(20)7-13(22)16(11)28-19(30)14(8-15(23)24)27-17-12(21)4-3-5-25-17/h3-9,24H,1-2H3,(H,25,27)(H,26,29)(H,28,30)/b14-8-,24-15?. The number of hydrogen-bond donors (Lipinski definition) is 4. The maximum absolute atomic E-state index is 12.9. The van der Waals surface area contributed by atoms with Crippen LogP contribution in [0.4, 0.5) is 11.5 Å². The Morgan fingerprint density at radius 3 is 2.43 bits per heavy atom. The van der Waals surface area contributed by atoms with Crippen molar-refractivity contribution in [1.82, 2.24) is 10.3 Å². The maximum Gasteiger partial charge on any atom is 0.272 e. The summed E-state index contributed by atoms with van der Waals surface area (Å²) in [6.45, 7) is 3.57. The van der Waals surface area contributed by atoms with Crippen LogP contribution in [0.1, 0.15) is 24.2 Å². The number of allylic oxidation sites excluding steroid dienone is 1. The fraction of sp³-hybridized carbons (Fsp3) is 0.158. The van der Waals surface area contributed by atoms with Crippen LogP contribution in [-0.2, 0) is 4.79 Å². The van der Waals surface area contributed by atoms with E-state index in [1.807, 2.05) is 0 Å². The minimum Gasteiger partial charge on any atom is -0.350 e. The molecule has 0 aliphatic heterocycles. The second kappa shape index (κ2) is 10.6. The fourth-order valence-corrected chi connectivity index (χ4v) is 3.11. The zero-order valence-corrected chi connectivity index (χ0v) is 18.8. The van der Waals surface area contributed by atoms with Crippen molar-refractivity contribution in [3.8, 4) is 0 Å². The third-order valence-electron chi connectivity index (χ3n) is 3.49. The van der Waals surface area contributed by atoms with Gasteiger partial charge in [-0.3, -0.25) is 15.0 Å². The van der Waals surface area contributed by atoms with Crippen LogP contribution in [0.15, 0.2) is 42.2 Å². The predicted octanol–water partition coefficient (Wildman–Crippen LogP) is 5.33. The summed E-state index contributed by atoms with van der Waals surface area (Å²) in [7, 11) is 0. The molecule has 0 aliphatic carbocycles. The Morgan fingerprint density at radius 1 is 1.13 bits per heavy atom. The van der Waals surface area contributed by atoms with Gasteiger partial charge in [0, 0.05) is 23.3 Å². The van der Waals surface area contributed by atoms with Crippen LogP contribution in [0.2, 0.25) is 15.1 Å². The number of amides is 2. The summed E-state index contributed by atoms with van der Waals surface area (Å²) < 4.78 is 0. The highest BCUT2D eigenvalue weighted by atomic mass is 35.5. The lowest BCUT2D eigenvalue weighted by atomic mass is 10.1. The topological polar surface area (TPSA) is 107 Å². The van der Waals surface area contributed by atoms with E-state index in [1.54, 1.807) is 26.0 Å². The van der Waals surface area contributed by atoms with E-state index in [4.69, 9.17) is 51.8 Å². The average Bonchev–Trinajstić information content (AvgIpc) is 2.63. The average molecular weight is 489 g/mol. The van der Waals surface area contributed by atoms with Gasteiger partial charge < -0.3 is 16.0 Å². The van der Waals surface area contributed by atoms with E-state index in [9.17, 15) is 9.59 Å². The smallest absolute Gasteiger partial charge is 0.272 e. The van der Waals surface area contributed by atoms with Crippen LogP contribution in [0, 0.1) is 5.41 Å². The number of nitrogens with zero attached hydrogens (tertiary/aromatic N) is 1. The van der Waals surface area contributed by atoms with Crippen LogP contribution in [0.25, 0.3) is 0 Å². The van der Waals surface area contributed by atoms with Crippen molar-refractivity contribution in [2.24, 2.45) is 0 Å². The fourth-order valence-electron chi connectivity index (χ4n) is 2.29. The third kappa shape index (κ3) is 6.60. The number of nitrogens with one attached hydrogen (secondary N) is 4. The van der Waals surface area contributed by atoms with Crippen molar-refractivity contribution in [2.75, 3.05) is 10.6 Å². The minimum atomic E-state index is -0.732. The van der Waals surface area contributed by atoms with E-state index in [-0.39, 0.29) is 43.9 Å². The first-order valence-electron chi connectivity index (χ1n) is 8.53. The minimum absolute atomic E-state index is 0.0464. The number of carbonyl (C=O) groups excluding carboxylic acids is 2. The van der Waals surface area contributed by atoms with Gasteiger partial charge in [0.2, 0.25) is 0 Å². The molecule has 0 fully saturated rings. The summed E-state index contributed by atoms with van der Waals surface area (Å²) in [5.41, 5.74) is -0.0207. The van der Waals surface area contributed by atoms with E-state index < -0.39 is 17.0 Å². The largest absolute Gasteiger partial charge is 0.350 e. The van der Waals surface area contributed by atoms with Gasteiger partial charge in [-0.1, -0.05) is 46.4 Å². The first kappa shape index (κ1) is 24.0. The number of hydrogen-bond acceptors (Lipinski definition) is 5. The number of benzene rings is 1. The third-order valence-corrected chi connectivity index (χ3v) is 4.42. The number of anilines is 2. The molecule has 0 bridgehead atoms. The molecule has 7 nitrogen and oxygen atoms in total. The second-order valence-corrected chi connectivity index (χ2v) is 7.92. The van der Waals surface area contributed by atoms with Crippen molar-refractivity contribution >= 4 is 74.9 Å². The molecular weight excluding hydrogens is 472 g/mol. The summed E-state index contributed by atoms with van der Waals surface area (Å²) in [6.07, 6.45) is 2.54. The van der Waals surface area contributed by atoms with Gasteiger partial charge in [-0.2, -0.15) is 0 Å². The Labute approximate surface area is 193 Å². The Hall–Kier alpha value is -2.32. The Kier molecular flexibility index (Phi) is 8.49. The van der Waals surface area contributed by atoms with Gasteiger partial charge in [0.05, 0.1) is 21.3 Å². The van der Waals surface area contributed by atoms with Crippen LogP contribution in [0.5, 0.6) is 0 Å². The highest BCUT2D eigenvalue weighted by molar-refractivity contribution is 6.67. The van der Waals surface area contributed by atoms with E-state index in [2.05, 4.69) is 20.9 Å². The molecule has 1 aromatic carbocycles. The van der Waals surface area contributed by atoms with E-state index in [1.165, 1.54) is 18.3 Å². The summed E-state index contributed by atoms with van der Waals surface area (Å²) in [6, 6.07) is 5.81. The quantitative estimate of drug-likeness (QED) is 0.312. The van der Waals surface area contributed by atoms with Crippen molar-refractivity contribution in [2.45, 2.75) is 19.9 Å². The van der Waals surface area contributed by atoms with Gasteiger partial charge in [-0.15, -0.1) is 0 Å². The lowest BCUT2D eigenvalue weighted by Crippen LogP contribution is -2.31. The van der Waals surface area contributed by atoms with Gasteiger partial charge in [-0.25, -0.2) is 4.98 Å². The lowest BCUT2D eigenvalue weighted by molar-refractivity contribution is -0.112. The van der Waals surface area contributed by atoms with Crippen molar-refractivity contribution in [3.63, 3.8) is 0 Å². The predicted molar refractivity (Wildman–Crippen MR) is 122 cm³/mol. The highest BCUT2D eigenvalue weighted by Crippen LogP contribution is 2.31. The van der Waals surface area contributed by atoms with Gasteiger partial charge in [0.25, 0.3) is 11.8 Å². The SMILES string of the molecule is CC(C)NC(=O)c1cc(Cl)cc(Cl)c1NC(=O)/C(=C/C(=N)Cl)Nc1ncccc1Cl. The normalized spacial score (nSPS) is 11.2.